The van der Waals surface area contributed by atoms with Gasteiger partial charge in [-0.1, -0.05) is 6.92 Å². The van der Waals surface area contributed by atoms with Gasteiger partial charge in [0.25, 0.3) is 0 Å². The minimum Gasteiger partial charge on any atom is -0.347 e. The van der Waals surface area contributed by atoms with Gasteiger partial charge in [-0.25, -0.2) is 4.98 Å². The molecule has 5 heteroatoms. The van der Waals surface area contributed by atoms with E-state index in [1.807, 2.05) is 17.0 Å². The Hall–Kier alpha value is -1.10. The summed E-state index contributed by atoms with van der Waals surface area (Å²) >= 11 is 3.35. The summed E-state index contributed by atoms with van der Waals surface area (Å²) in [5.41, 5.74) is 0. The smallest absolute Gasteiger partial charge is 0.241 e. The average Bonchev–Trinajstić information content (AvgIpc) is 2.29. The summed E-state index contributed by atoms with van der Waals surface area (Å²) in [5, 5.41) is 0. The first-order valence-electron chi connectivity index (χ1n) is 5.61. The summed E-state index contributed by atoms with van der Waals surface area (Å²) in [6, 6.07) is 3.85. The number of nitrogens with zero attached hydrogens (tertiary/aromatic N) is 3. The van der Waals surface area contributed by atoms with E-state index >= 15 is 0 Å². The van der Waals surface area contributed by atoms with Gasteiger partial charge in [0.1, 0.15) is 5.82 Å². The molecular formula is C12H18BrN3O. The Morgan fingerprint density at radius 2 is 2.12 bits per heavy atom. The van der Waals surface area contributed by atoms with Gasteiger partial charge in [-0.3, -0.25) is 4.79 Å². The van der Waals surface area contributed by atoms with Crippen LogP contribution in [0.5, 0.6) is 0 Å². The molecule has 0 aromatic carbocycles. The van der Waals surface area contributed by atoms with Gasteiger partial charge in [0.05, 0.1) is 6.54 Å². The molecule has 0 fully saturated rings. The Morgan fingerprint density at radius 3 is 2.59 bits per heavy atom. The van der Waals surface area contributed by atoms with E-state index in [1.54, 1.807) is 25.2 Å². The summed E-state index contributed by atoms with van der Waals surface area (Å²) in [5.74, 6) is 0.924. The molecule has 0 N–H and O–H groups in total. The van der Waals surface area contributed by atoms with Crippen molar-refractivity contribution in [3.8, 4) is 0 Å². The molecule has 0 saturated heterocycles. The molecule has 0 spiro atoms. The molecule has 1 rings (SSSR count). The second-order valence-electron chi connectivity index (χ2n) is 4.04. The van der Waals surface area contributed by atoms with Crippen LogP contribution in [0.3, 0.4) is 0 Å². The predicted molar refractivity (Wildman–Crippen MR) is 73.1 cm³/mol. The number of hydrogen-bond acceptors (Lipinski definition) is 3. The highest BCUT2D eigenvalue weighted by Gasteiger charge is 2.13. The summed E-state index contributed by atoms with van der Waals surface area (Å²) in [7, 11) is 3.53. The van der Waals surface area contributed by atoms with Crippen LogP contribution in [-0.2, 0) is 4.79 Å². The maximum Gasteiger partial charge on any atom is 0.241 e. The van der Waals surface area contributed by atoms with Gasteiger partial charge >= 0.3 is 0 Å². The van der Waals surface area contributed by atoms with E-state index in [0.29, 0.717) is 6.54 Å². The van der Waals surface area contributed by atoms with Crippen LogP contribution < -0.4 is 4.90 Å². The van der Waals surface area contributed by atoms with Crippen LogP contribution >= 0.6 is 15.9 Å². The largest absolute Gasteiger partial charge is 0.347 e. The number of pyridine rings is 1. The Bertz CT molecular complexity index is 365. The molecule has 1 aromatic heterocycles. The number of aromatic nitrogens is 1. The highest BCUT2D eigenvalue weighted by molar-refractivity contribution is 9.10. The minimum atomic E-state index is 0.0863. The van der Waals surface area contributed by atoms with Crippen LogP contribution in [0, 0.1) is 0 Å². The Balaban J connectivity index is 2.78. The quantitative estimate of drug-likeness (QED) is 0.836. The first-order valence-corrected chi connectivity index (χ1v) is 6.40. The van der Waals surface area contributed by atoms with E-state index < -0.39 is 0 Å². The molecule has 94 valence electrons. The SMILES string of the molecule is CCCN(CC(=O)N(C)C)c1ccc(Br)cn1. The van der Waals surface area contributed by atoms with Crippen molar-refractivity contribution in [1.29, 1.82) is 0 Å². The Kier molecular flexibility index (Phi) is 5.41. The number of carbonyl (C=O) groups excluding carboxylic acids is 1. The fourth-order valence-electron chi connectivity index (χ4n) is 1.40. The van der Waals surface area contributed by atoms with E-state index in [9.17, 15) is 4.79 Å². The molecule has 0 radical (unpaired) electrons. The Morgan fingerprint density at radius 1 is 1.41 bits per heavy atom. The van der Waals surface area contributed by atoms with Gasteiger partial charge < -0.3 is 9.80 Å². The maximum absolute atomic E-state index is 11.7. The zero-order valence-corrected chi connectivity index (χ0v) is 12.1. The van der Waals surface area contributed by atoms with Gasteiger partial charge in [-0.05, 0) is 34.5 Å². The minimum absolute atomic E-state index is 0.0863. The number of anilines is 1. The summed E-state index contributed by atoms with van der Waals surface area (Å²) in [6.45, 7) is 3.29. The molecule has 0 aliphatic carbocycles. The number of likely N-dealkylation sites (N-methyl/N-ethyl adjacent to an activating group) is 1. The molecule has 0 aliphatic heterocycles. The van der Waals surface area contributed by atoms with Crippen molar-refractivity contribution >= 4 is 27.7 Å². The van der Waals surface area contributed by atoms with Gasteiger partial charge in [-0.15, -0.1) is 0 Å². The number of hydrogen-bond donors (Lipinski definition) is 0. The van der Waals surface area contributed by atoms with Crippen molar-refractivity contribution in [3.63, 3.8) is 0 Å². The lowest BCUT2D eigenvalue weighted by molar-refractivity contribution is -0.127. The summed E-state index contributed by atoms with van der Waals surface area (Å²) in [6.07, 6.45) is 2.73. The molecule has 0 atom stereocenters. The topological polar surface area (TPSA) is 36.4 Å². The molecule has 1 aromatic rings. The van der Waals surface area contributed by atoms with Crippen molar-refractivity contribution in [1.82, 2.24) is 9.88 Å². The first kappa shape index (κ1) is 14.0. The second-order valence-corrected chi connectivity index (χ2v) is 4.96. The number of halogens is 1. The van der Waals surface area contributed by atoms with E-state index in [2.05, 4.69) is 27.8 Å². The zero-order valence-electron chi connectivity index (χ0n) is 10.5. The average molecular weight is 300 g/mol. The van der Waals surface area contributed by atoms with Crippen LogP contribution in [-0.4, -0.2) is 43.0 Å². The lowest BCUT2D eigenvalue weighted by Gasteiger charge is -2.24. The molecule has 1 heterocycles. The predicted octanol–water partition coefficient (Wildman–Crippen LogP) is 2.15. The zero-order chi connectivity index (χ0) is 12.8. The lowest BCUT2D eigenvalue weighted by atomic mass is 10.3. The standard InChI is InChI=1S/C12H18BrN3O/c1-4-7-16(9-12(17)15(2)3)11-6-5-10(13)8-14-11/h5-6,8H,4,7,9H2,1-3H3. The third kappa shape index (κ3) is 4.34. The molecule has 4 nitrogen and oxygen atoms in total. The number of carbonyl (C=O) groups is 1. The number of amides is 1. The monoisotopic (exact) mass is 299 g/mol. The molecular weight excluding hydrogens is 282 g/mol. The van der Waals surface area contributed by atoms with E-state index in [-0.39, 0.29) is 5.91 Å². The van der Waals surface area contributed by atoms with Crippen LogP contribution in [0.15, 0.2) is 22.8 Å². The summed E-state index contributed by atoms with van der Waals surface area (Å²) < 4.78 is 0.941. The highest BCUT2D eigenvalue weighted by Crippen LogP contribution is 2.15. The van der Waals surface area contributed by atoms with Gasteiger partial charge in [0.15, 0.2) is 0 Å². The molecule has 17 heavy (non-hydrogen) atoms. The van der Waals surface area contributed by atoms with Crippen LogP contribution in [0.2, 0.25) is 0 Å². The second kappa shape index (κ2) is 6.59. The van der Waals surface area contributed by atoms with Crippen molar-refractivity contribution in [2.75, 3.05) is 32.1 Å². The fourth-order valence-corrected chi connectivity index (χ4v) is 1.64. The third-order valence-electron chi connectivity index (χ3n) is 2.35. The normalized spacial score (nSPS) is 10.1. The lowest BCUT2D eigenvalue weighted by Crippen LogP contribution is -2.37. The van der Waals surface area contributed by atoms with Gasteiger partial charge in [0, 0.05) is 31.3 Å². The van der Waals surface area contributed by atoms with Crippen LogP contribution in [0.1, 0.15) is 13.3 Å². The van der Waals surface area contributed by atoms with Crippen molar-refractivity contribution in [2.45, 2.75) is 13.3 Å². The van der Waals surface area contributed by atoms with Crippen molar-refractivity contribution in [3.05, 3.63) is 22.8 Å². The van der Waals surface area contributed by atoms with Crippen molar-refractivity contribution < 1.29 is 4.79 Å². The number of rotatable bonds is 5. The van der Waals surface area contributed by atoms with Crippen LogP contribution in [0.25, 0.3) is 0 Å². The van der Waals surface area contributed by atoms with Gasteiger partial charge in [-0.2, -0.15) is 0 Å². The molecule has 0 saturated carbocycles. The fraction of sp³-hybridized carbons (Fsp3) is 0.500. The molecule has 0 aliphatic rings. The first-order chi connectivity index (χ1) is 8.04. The van der Waals surface area contributed by atoms with E-state index in [1.165, 1.54) is 0 Å². The van der Waals surface area contributed by atoms with Gasteiger partial charge in [0.2, 0.25) is 5.91 Å². The van der Waals surface area contributed by atoms with Crippen molar-refractivity contribution in [2.24, 2.45) is 0 Å². The highest BCUT2D eigenvalue weighted by atomic mass is 79.9. The summed E-state index contributed by atoms with van der Waals surface area (Å²) in [4.78, 5) is 19.6. The third-order valence-corrected chi connectivity index (χ3v) is 2.82. The van der Waals surface area contributed by atoms with Crippen LogP contribution in [0.4, 0.5) is 5.82 Å². The van der Waals surface area contributed by atoms with E-state index in [0.717, 1.165) is 23.3 Å². The van der Waals surface area contributed by atoms with E-state index in [4.69, 9.17) is 0 Å². The Labute approximate surface area is 111 Å². The maximum atomic E-state index is 11.7. The molecule has 0 bridgehead atoms. The molecule has 0 unspecified atom stereocenters. The molecule has 1 amide bonds.